The van der Waals surface area contributed by atoms with E-state index in [1.807, 2.05) is 20.0 Å². The summed E-state index contributed by atoms with van der Waals surface area (Å²) in [6.45, 7) is 4.14. The van der Waals surface area contributed by atoms with Crippen molar-refractivity contribution < 1.29 is 0 Å². The van der Waals surface area contributed by atoms with E-state index in [1.54, 1.807) is 11.3 Å². The van der Waals surface area contributed by atoms with Crippen molar-refractivity contribution in [1.82, 2.24) is 10.3 Å². The second-order valence-electron chi connectivity index (χ2n) is 4.07. The molecule has 2 nitrogen and oxygen atoms in total. The molecule has 0 saturated carbocycles. The third kappa shape index (κ3) is 3.06. The highest BCUT2D eigenvalue weighted by Gasteiger charge is 2.18. The smallest absolute Gasteiger partial charge is 0.0992 e. The summed E-state index contributed by atoms with van der Waals surface area (Å²) in [6.07, 6.45) is 0.836. The average Bonchev–Trinajstić information content (AvgIpc) is 2.79. The van der Waals surface area contributed by atoms with Crippen molar-refractivity contribution in [3.63, 3.8) is 0 Å². The van der Waals surface area contributed by atoms with E-state index in [4.69, 9.17) is 23.2 Å². The Balaban J connectivity index is 2.22. The molecule has 1 unspecified atom stereocenters. The van der Waals surface area contributed by atoms with Crippen LogP contribution >= 0.6 is 45.9 Å². The van der Waals surface area contributed by atoms with Gasteiger partial charge in [-0.3, -0.25) is 0 Å². The number of nitrogens with zero attached hydrogens (tertiary/aromatic N) is 1. The monoisotopic (exact) mass is 320 g/mol. The van der Waals surface area contributed by atoms with Gasteiger partial charge in [0.15, 0.2) is 0 Å². The molecule has 0 aliphatic heterocycles. The summed E-state index contributed by atoms with van der Waals surface area (Å²) in [5.74, 6) is 0. The van der Waals surface area contributed by atoms with Gasteiger partial charge in [-0.2, -0.15) is 0 Å². The maximum absolute atomic E-state index is 6.20. The highest BCUT2D eigenvalue weighted by Crippen LogP contribution is 2.36. The number of hydrogen-bond donors (Lipinski definition) is 1. The van der Waals surface area contributed by atoms with E-state index in [-0.39, 0.29) is 6.04 Å². The summed E-state index contributed by atoms with van der Waals surface area (Å²) >= 11 is 15.3. The van der Waals surface area contributed by atoms with Crippen LogP contribution in [0.25, 0.3) is 0 Å². The molecule has 2 aromatic heterocycles. The zero-order valence-corrected chi connectivity index (χ0v) is 13.5. The summed E-state index contributed by atoms with van der Waals surface area (Å²) in [4.78, 5) is 5.84. The van der Waals surface area contributed by atoms with Gasteiger partial charge in [0.25, 0.3) is 0 Å². The fourth-order valence-corrected chi connectivity index (χ4v) is 4.32. The quantitative estimate of drug-likeness (QED) is 0.888. The van der Waals surface area contributed by atoms with Crippen molar-refractivity contribution in [1.29, 1.82) is 0 Å². The number of thiazole rings is 1. The van der Waals surface area contributed by atoms with Gasteiger partial charge in [-0.05, 0) is 27.0 Å². The standard InChI is InChI=1S/C12H14Cl2N2S2/c1-6-7(2)17-11(16-6)5-9(15-3)8-4-10(13)18-12(8)14/h4,9,15H,5H2,1-3H3. The molecular formula is C12H14Cl2N2S2. The van der Waals surface area contributed by atoms with E-state index in [2.05, 4.69) is 17.2 Å². The molecule has 0 spiro atoms. The third-order valence-corrected chi connectivity index (χ3v) is 5.47. The van der Waals surface area contributed by atoms with Crippen molar-refractivity contribution in [3.8, 4) is 0 Å². The molecule has 6 heteroatoms. The lowest BCUT2D eigenvalue weighted by Gasteiger charge is -2.13. The highest BCUT2D eigenvalue weighted by molar-refractivity contribution is 7.20. The van der Waals surface area contributed by atoms with Crippen molar-refractivity contribution in [2.75, 3.05) is 7.05 Å². The number of aromatic nitrogens is 1. The van der Waals surface area contributed by atoms with Gasteiger partial charge in [0.2, 0.25) is 0 Å². The third-order valence-electron chi connectivity index (χ3n) is 2.86. The van der Waals surface area contributed by atoms with E-state index in [1.165, 1.54) is 16.2 Å². The van der Waals surface area contributed by atoms with Gasteiger partial charge < -0.3 is 5.32 Å². The summed E-state index contributed by atoms with van der Waals surface area (Å²) in [5, 5.41) is 4.41. The molecule has 18 heavy (non-hydrogen) atoms. The molecule has 2 aromatic rings. The van der Waals surface area contributed by atoms with Crippen LogP contribution in [0.5, 0.6) is 0 Å². The predicted octanol–water partition coefficient (Wildman–Crippen LogP) is 4.63. The summed E-state index contributed by atoms with van der Waals surface area (Å²) in [7, 11) is 1.93. The topological polar surface area (TPSA) is 24.9 Å². The number of nitrogens with one attached hydrogen (secondary N) is 1. The minimum absolute atomic E-state index is 0.159. The van der Waals surface area contributed by atoms with Crippen LogP contribution in [0, 0.1) is 13.8 Å². The normalized spacial score (nSPS) is 12.9. The molecule has 0 radical (unpaired) electrons. The molecule has 2 rings (SSSR count). The summed E-state index contributed by atoms with van der Waals surface area (Å²) in [6, 6.07) is 2.09. The summed E-state index contributed by atoms with van der Waals surface area (Å²) < 4.78 is 1.48. The first-order chi connectivity index (χ1) is 8.51. The maximum Gasteiger partial charge on any atom is 0.0992 e. The number of thiophene rings is 1. The van der Waals surface area contributed by atoms with Crippen LogP contribution in [-0.2, 0) is 6.42 Å². The van der Waals surface area contributed by atoms with Crippen molar-refractivity contribution in [2.24, 2.45) is 0 Å². The zero-order chi connectivity index (χ0) is 13.3. The first kappa shape index (κ1) is 14.3. The second kappa shape index (κ2) is 5.88. The van der Waals surface area contributed by atoms with Gasteiger partial charge in [0, 0.05) is 22.9 Å². The Morgan fingerprint density at radius 2 is 2.06 bits per heavy atom. The van der Waals surface area contributed by atoms with Crippen LogP contribution in [0.3, 0.4) is 0 Å². The van der Waals surface area contributed by atoms with Crippen LogP contribution in [0.1, 0.15) is 27.2 Å². The molecule has 2 heterocycles. The molecule has 0 saturated heterocycles. The molecule has 1 N–H and O–H groups in total. The van der Waals surface area contributed by atoms with Crippen LogP contribution in [-0.4, -0.2) is 12.0 Å². The van der Waals surface area contributed by atoms with Gasteiger partial charge in [0.05, 0.1) is 19.4 Å². The molecule has 0 aliphatic carbocycles. The molecule has 0 amide bonds. The number of aryl methyl sites for hydroxylation is 2. The van der Waals surface area contributed by atoms with Crippen LogP contribution in [0.4, 0.5) is 0 Å². The Labute approximate surface area is 125 Å². The van der Waals surface area contributed by atoms with E-state index < -0.39 is 0 Å². The van der Waals surface area contributed by atoms with E-state index in [0.717, 1.165) is 31.4 Å². The van der Waals surface area contributed by atoms with Crippen LogP contribution in [0.15, 0.2) is 6.07 Å². The van der Waals surface area contributed by atoms with Gasteiger partial charge in [-0.25, -0.2) is 4.98 Å². The molecule has 1 atom stereocenters. The first-order valence-corrected chi connectivity index (χ1v) is 7.95. The van der Waals surface area contributed by atoms with Gasteiger partial charge in [0.1, 0.15) is 0 Å². The maximum atomic E-state index is 6.20. The van der Waals surface area contributed by atoms with Crippen molar-refractivity contribution >= 4 is 45.9 Å². The molecule has 0 aromatic carbocycles. The average molecular weight is 321 g/mol. The Bertz CT molecular complexity index is 529. The Kier molecular flexibility index (Phi) is 4.67. The molecule has 0 fully saturated rings. The number of halogens is 2. The zero-order valence-electron chi connectivity index (χ0n) is 10.4. The van der Waals surface area contributed by atoms with E-state index in [0.29, 0.717) is 0 Å². The number of hydrogen-bond acceptors (Lipinski definition) is 4. The predicted molar refractivity (Wildman–Crippen MR) is 81.4 cm³/mol. The fraction of sp³-hybridized carbons (Fsp3) is 0.417. The van der Waals surface area contributed by atoms with E-state index in [9.17, 15) is 0 Å². The lowest BCUT2D eigenvalue weighted by molar-refractivity contribution is 0.592. The lowest BCUT2D eigenvalue weighted by Crippen LogP contribution is -2.18. The number of rotatable bonds is 4. The minimum Gasteiger partial charge on any atom is -0.313 e. The molecular weight excluding hydrogens is 307 g/mol. The SMILES string of the molecule is CNC(Cc1nc(C)c(C)s1)c1cc(Cl)sc1Cl. The lowest BCUT2D eigenvalue weighted by atomic mass is 10.1. The minimum atomic E-state index is 0.159. The van der Waals surface area contributed by atoms with E-state index >= 15 is 0 Å². The Hall–Kier alpha value is -0.130. The first-order valence-electron chi connectivity index (χ1n) is 5.56. The highest BCUT2D eigenvalue weighted by atomic mass is 35.5. The number of likely N-dealkylation sites (N-methyl/N-ethyl adjacent to an activating group) is 1. The van der Waals surface area contributed by atoms with Crippen LogP contribution in [0.2, 0.25) is 8.67 Å². The van der Waals surface area contributed by atoms with Gasteiger partial charge in [-0.15, -0.1) is 22.7 Å². The van der Waals surface area contributed by atoms with Crippen molar-refractivity contribution in [2.45, 2.75) is 26.3 Å². The molecule has 0 bridgehead atoms. The van der Waals surface area contributed by atoms with Gasteiger partial charge in [-0.1, -0.05) is 23.2 Å². The Morgan fingerprint density at radius 1 is 1.33 bits per heavy atom. The molecule has 98 valence electrons. The summed E-state index contributed by atoms with van der Waals surface area (Å²) in [5.41, 5.74) is 2.17. The van der Waals surface area contributed by atoms with Crippen molar-refractivity contribution in [3.05, 3.63) is 35.9 Å². The fourth-order valence-electron chi connectivity index (χ4n) is 1.76. The largest absolute Gasteiger partial charge is 0.313 e. The van der Waals surface area contributed by atoms with Crippen LogP contribution < -0.4 is 5.32 Å². The Morgan fingerprint density at radius 3 is 2.50 bits per heavy atom. The van der Waals surface area contributed by atoms with Gasteiger partial charge >= 0.3 is 0 Å². The second-order valence-corrected chi connectivity index (χ2v) is 7.65. The molecule has 0 aliphatic rings.